The predicted molar refractivity (Wildman–Crippen MR) is 67.5 cm³/mol. The number of amides is 1. The van der Waals surface area contributed by atoms with Gasteiger partial charge >= 0.3 is 0 Å². The minimum atomic E-state index is -0.488. The molecule has 2 rings (SSSR count). The van der Waals surface area contributed by atoms with Crippen molar-refractivity contribution in [3.05, 3.63) is 53.6 Å². The summed E-state index contributed by atoms with van der Waals surface area (Å²) < 4.78 is 0. The standard InChI is InChI=1S/C14H13NO2/c1-10(14(16)15-17)8-11-6-7-12-4-2-3-5-13(12)9-11/h2-9,17H,1H3,(H,15,16). The number of carbonyl (C=O) groups is 1. The van der Waals surface area contributed by atoms with E-state index in [-0.39, 0.29) is 0 Å². The number of hydrogen-bond acceptors (Lipinski definition) is 2. The Morgan fingerprint density at radius 3 is 2.59 bits per heavy atom. The van der Waals surface area contributed by atoms with Crippen molar-refractivity contribution in [1.82, 2.24) is 5.48 Å². The first-order valence-electron chi connectivity index (χ1n) is 5.32. The molecule has 0 saturated heterocycles. The Kier molecular flexibility index (Phi) is 3.21. The summed E-state index contributed by atoms with van der Waals surface area (Å²) in [4.78, 5) is 11.2. The summed E-state index contributed by atoms with van der Waals surface area (Å²) in [6.07, 6.45) is 1.73. The minimum Gasteiger partial charge on any atom is -0.288 e. The lowest BCUT2D eigenvalue weighted by Crippen LogP contribution is -2.19. The van der Waals surface area contributed by atoms with Gasteiger partial charge in [-0.25, -0.2) is 5.48 Å². The summed E-state index contributed by atoms with van der Waals surface area (Å²) in [6.45, 7) is 1.65. The quantitative estimate of drug-likeness (QED) is 0.471. The van der Waals surface area contributed by atoms with Gasteiger partial charge in [0.15, 0.2) is 0 Å². The Morgan fingerprint density at radius 1 is 1.18 bits per heavy atom. The van der Waals surface area contributed by atoms with Gasteiger partial charge in [0.05, 0.1) is 0 Å². The Bertz CT molecular complexity index is 588. The van der Waals surface area contributed by atoms with E-state index in [9.17, 15) is 4.79 Å². The van der Waals surface area contributed by atoms with Crippen LogP contribution in [0.3, 0.4) is 0 Å². The molecule has 0 spiro atoms. The molecular formula is C14H13NO2. The summed E-state index contributed by atoms with van der Waals surface area (Å²) in [5, 5.41) is 10.8. The molecule has 0 aliphatic rings. The highest BCUT2D eigenvalue weighted by molar-refractivity contribution is 5.97. The second-order valence-corrected chi connectivity index (χ2v) is 3.87. The second-order valence-electron chi connectivity index (χ2n) is 3.87. The summed E-state index contributed by atoms with van der Waals surface area (Å²) >= 11 is 0. The Balaban J connectivity index is 2.40. The molecule has 3 heteroatoms. The van der Waals surface area contributed by atoms with Crippen LogP contribution in [0, 0.1) is 0 Å². The van der Waals surface area contributed by atoms with E-state index >= 15 is 0 Å². The second kappa shape index (κ2) is 4.80. The average Bonchev–Trinajstić information content (AvgIpc) is 2.37. The maximum atomic E-state index is 11.2. The molecule has 2 aromatic carbocycles. The van der Waals surface area contributed by atoms with E-state index in [1.165, 1.54) is 0 Å². The van der Waals surface area contributed by atoms with Gasteiger partial charge in [-0.3, -0.25) is 10.0 Å². The summed E-state index contributed by atoms with van der Waals surface area (Å²) in [5.41, 5.74) is 3.01. The van der Waals surface area contributed by atoms with Crippen LogP contribution < -0.4 is 5.48 Å². The van der Waals surface area contributed by atoms with Gasteiger partial charge in [0.1, 0.15) is 0 Å². The average molecular weight is 227 g/mol. The lowest BCUT2D eigenvalue weighted by molar-refractivity contribution is -0.125. The van der Waals surface area contributed by atoms with Gasteiger partial charge in [-0.2, -0.15) is 0 Å². The first kappa shape index (κ1) is 11.4. The number of rotatable bonds is 2. The third-order valence-electron chi connectivity index (χ3n) is 2.62. The Labute approximate surface area is 99.3 Å². The molecular weight excluding hydrogens is 214 g/mol. The molecule has 0 aliphatic heterocycles. The van der Waals surface area contributed by atoms with Gasteiger partial charge in [-0.15, -0.1) is 0 Å². The third kappa shape index (κ3) is 2.52. The van der Waals surface area contributed by atoms with Crippen molar-refractivity contribution in [1.29, 1.82) is 0 Å². The maximum Gasteiger partial charge on any atom is 0.270 e. The predicted octanol–water partition coefficient (Wildman–Crippen LogP) is 2.75. The lowest BCUT2D eigenvalue weighted by Gasteiger charge is -2.01. The molecule has 0 aliphatic carbocycles. The van der Waals surface area contributed by atoms with Gasteiger partial charge < -0.3 is 0 Å². The molecule has 86 valence electrons. The largest absolute Gasteiger partial charge is 0.288 e. The number of hydrogen-bond donors (Lipinski definition) is 2. The van der Waals surface area contributed by atoms with Crippen LogP contribution in [0.4, 0.5) is 0 Å². The SMILES string of the molecule is CC(=Cc1ccc2ccccc2c1)C(=O)NO. The minimum absolute atomic E-state index is 0.461. The van der Waals surface area contributed by atoms with Crippen molar-refractivity contribution in [2.75, 3.05) is 0 Å². The third-order valence-corrected chi connectivity index (χ3v) is 2.62. The van der Waals surface area contributed by atoms with E-state index in [4.69, 9.17) is 5.21 Å². The van der Waals surface area contributed by atoms with Crippen molar-refractivity contribution in [3.63, 3.8) is 0 Å². The van der Waals surface area contributed by atoms with Crippen LogP contribution >= 0.6 is 0 Å². The molecule has 0 radical (unpaired) electrons. The van der Waals surface area contributed by atoms with Crippen LogP contribution in [0.25, 0.3) is 16.8 Å². The smallest absolute Gasteiger partial charge is 0.270 e. The topological polar surface area (TPSA) is 49.3 Å². The number of nitrogens with one attached hydrogen (secondary N) is 1. The van der Waals surface area contributed by atoms with E-state index in [0.717, 1.165) is 16.3 Å². The molecule has 0 saturated carbocycles. The molecule has 0 fully saturated rings. The van der Waals surface area contributed by atoms with Gasteiger partial charge in [0.25, 0.3) is 5.91 Å². The Morgan fingerprint density at radius 2 is 1.88 bits per heavy atom. The zero-order chi connectivity index (χ0) is 12.3. The normalized spacial score (nSPS) is 11.5. The molecule has 1 amide bonds. The highest BCUT2D eigenvalue weighted by Crippen LogP contribution is 2.17. The molecule has 3 nitrogen and oxygen atoms in total. The molecule has 2 aromatic rings. The van der Waals surface area contributed by atoms with Crippen molar-refractivity contribution in [3.8, 4) is 0 Å². The monoisotopic (exact) mass is 227 g/mol. The molecule has 0 aromatic heterocycles. The van der Waals surface area contributed by atoms with Crippen molar-refractivity contribution >= 4 is 22.8 Å². The van der Waals surface area contributed by atoms with Gasteiger partial charge in [-0.1, -0.05) is 36.4 Å². The van der Waals surface area contributed by atoms with Crippen LogP contribution in [-0.2, 0) is 4.79 Å². The van der Waals surface area contributed by atoms with E-state index in [1.54, 1.807) is 18.5 Å². The maximum absolute atomic E-state index is 11.2. The summed E-state index contributed by atoms with van der Waals surface area (Å²) in [7, 11) is 0. The molecule has 0 heterocycles. The van der Waals surface area contributed by atoms with Crippen LogP contribution in [0.15, 0.2) is 48.0 Å². The van der Waals surface area contributed by atoms with Crippen LogP contribution in [0.5, 0.6) is 0 Å². The van der Waals surface area contributed by atoms with Gasteiger partial charge in [0, 0.05) is 5.57 Å². The fraction of sp³-hybridized carbons (Fsp3) is 0.0714. The number of hydroxylamine groups is 1. The van der Waals surface area contributed by atoms with Crippen molar-refractivity contribution in [2.24, 2.45) is 0 Å². The summed E-state index contributed by atoms with van der Waals surface area (Å²) in [6, 6.07) is 14.0. The molecule has 0 unspecified atom stereocenters. The van der Waals surface area contributed by atoms with Gasteiger partial charge in [0.2, 0.25) is 0 Å². The Hall–Kier alpha value is -2.13. The molecule has 0 bridgehead atoms. The summed E-state index contributed by atoms with van der Waals surface area (Å²) in [5.74, 6) is -0.488. The van der Waals surface area contributed by atoms with Crippen LogP contribution in [0.1, 0.15) is 12.5 Å². The first-order valence-corrected chi connectivity index (χ1v) is 5.32. The number of benzene rings is 2. The van der Waals surface area contributed by atoms with E-state index in [0.29, 0.717) is 5.57 Å². The zero-order valence-electron chi connectivity index (χ0n) is 9.47. The van der Waals surface area contributed by atoms with Crippen LogP contribution in [-0.4, -0.2) is 11.1 Å². The molecule has 2 N–H and O–H groups in total. The lowest BCUT2D eigenvalue weighted by atomic mass is 10.1. The zero-order valence-corrected chi connectivity index (χ0v) is 9.47. The fourth-order valence-electron chi connectivity index (χ4n) is 1.70. The number of fused-ring (bicyclic) bond motifs is 1. The fourth-order valence-corrected chi connectivity index (χ4v) is 1.70. The molecule has 0 atom stereocenters. The van der Waals surface area contributed by atoms with E-state index in [2.05, 4.69) is 0 Å². The van der Waals surface area contributed by atoms with Crippen molar-refractivity contribution < 1.29 is 10.0 Å². The van der Waals surface area contributed by atoms with Crippen molar-refractivity contribution in [2.45, 2.75) is 6.92 Å². The van der Waals surface area contributed by atoms with Crippen LogP contribution in [0.2, 0.25) is 0 Å². The highest BCUT2D eigenvalue weighted by Gasteiger charge is 2.01. The number of carbonyl (C=O) groups excluding carboxylic acids is 1. The highest BCUT2D eigenvalue weighted by atomic mass is 16.5. The van der Waals surface area contributed by atoms with E-state index in [1.807, 2.05) is 42.5 Å². The first-order chi connectivity index (χ1) is 8.20. The van der Waals surface area contributed by atoms with E-state index < -0.39 is 5.91 Å². The molecule has 17 heavy (non-hydrogen) atoms. The van der Waals surface area contributed by atoms with Gasteiger partial charge in [-0.05, 0) is 35.4 Å².